The van der Waals surface area contributed by atoms with Gasteiger partial charge in [-0.15, -0.1) is 0 Å². The van der Waals surface area contributed by atoms with Crippen molar-refractivity contribution in [2.24, 2.45) is 0 Å². The minimum atomic E-state index is -3.59. The third-order valence-electron chi connectivity index (χ3n) is 3.16. The van der Waals surface area contributed by atoms with Crippen molar-refractivity contribution in [2.75, 3.05) is 14.1 Å². The van der Waals surface area contributed by atoms with Crippen LogP contribution < -0.4 is 0 Å². The standard InChI is InChI=1S/C16H16BrNO4S/c1-18(2)23(20,21)14-8-5-7-12(10-14)16(19)22-11-13-6-3-4-9-15(13)17/h3-10H,11H2,1-2H3. The molecule has 0 saturated carbocycles. The Morgan fingerprint density at radius 1 is 1.13 bits per heavy atom. The number of rotatable bonds is 5. The SMILES string of the molecule is CN(C)S(=O)(=O)c1cccc(C(=O)OCc2ccccc2Br)c1. The summed E-state index contributed by atoms with van der Waals surface area (Å²) in [4.78, 5) is 12.2. The molecule has 2 rings (SSSR count). The molecule has 5 nitrogen and oxygen atoms in total. The van der Waals surface area contributed by atoms with Crippen molar-refractivity contribution in [1.82, 2.24) is 4.31 Å². The van der Waals surface area contributed by atoms with E-state index in [2.05, 4.69) is 15.9 Å². The first kappa shape index (κ1) is 17.7. The third kappa shape index (κ3) is 4.19. The van der Waals surface area contributed by atoms with Crippen molar-refractivity contribution >= 4 is 31.9 Å². The van der Waals surface area contributed by atoms with E-state index in [0.29, 0.717) is 0 Å². The number of benzene rings is 2. The van der Waals surface area contributed by atoms with E-state index in [4.69, 9.17) is 4.74 Å². The molecule has 0 aliphatic heterocycles. The van der Waals surface area contributed by atoms with Gasteiger partial charge in [-0.3, -0.25) is 0 Å². The van der Waals surface area contributed by atoms with Crippen LogP contribution in [0.2, 0.25) is 0 Å². The molecule has 2 aromatic carbocycles. The van der Waals surface area contributed by atoms with Crippen molar-refractivity contribution in [3.05, 3.63) is 64.1 Å². The average Bonchev–Trinajstić information content (AvgIpc) is 2.53. The first-order valence-corrected chi connectivity index (χ1v) is 8.99. The van der Waals surface area contributed by atoms with Gasteiger partial charge in [-0.1, -0.05) is 40.2 Å². The van der Waals surface area contributed by atoms with Crippen molar-refractivity contribution in [1.29, 1.82) is 0 Å². The summed E-state index contributed by atoms with van der Waals surface area (Å²) in [5.41, 5.74) is 1.03. The van der Waals surface area contributed by atoms with Crippen molar-refractivity contribution in [3.63, 3.8) is 0 Å². The Kier molecular flexibility index (Phi) is 5.56. The van der Waals surface area contributed by atoms with Crippen LogP contribution in [0, 0.1) is 0 Å². The monoisotopic (exact) mass is 397 g/mol. The van der Waals surface area contributed by atoms with Gasteiger partial charge in [-0.05, 0) is 24.3 Å². The van der Waals surface area contributed by atoms with E-state index in [-0.39, 0.29) is 17.1 Å². The van der Waals surface area contributed by atoms with Gasteiger partial charge in [0.05, 0.1) is 10.5 Å². The van der Waals surface area contributed by atoms with Crippen LogP contribution in [-0.2, 0) is 21.4 Å². The summed E-state index contributed by atoms with van der Waals surface area (Å²) in [7, 11) is -0.713. The van der Waals surface area contributed by atoms with Gasteiger partial charge in [0, 0.05) is 24.1 Å². The quantitative estimate of drug-likeness (QED) is 0.727. The second-order valence-electron chi connectivity index (χ2n) is 4.98. The molecule has 0 amide bonds. The topological polar surface area (TPSA) is 63.7 Å². The van der Waals surface area contributed by atoms with Gasteiger partial charge in [0.25, 0.3) is 0 Å². The highest BCUT2D eigenvalue weighted by Crippen LogP contribution is 2.19. The predicted molar refractivity (Wildman–Crippen MR) is 90.6 cm³/mol. The van der Waals surface area contributed by atoms with Crippen LogP contribution in [0.4, 0.5) is 0 Å². The van der Waals surface area contributed by atoms with Crippen molar-refractivity contribution in [3.8, 4) is 0 Å². The molecular weight excluding hydrogens is 382 g/mol. The van der Waals surface area contributed by atoms with E-state index >= 15 is 0 Å². The van der Waals surface area contributed by atoms with E-state index < -0.39 is 16.0 Å². The number of nitrogens with zero attached hydrogens (tertiary/aromatic N) is 1. The lowest BCUT2D eigenvalue weighted by atomic mass is 10.2. The summed E-state index contributed by atoms with van der Waals surface area (Å²) in [6.45, 7) is 0.102. The average molecular weight is 398 g/mol. The zero-order valence-corrected chi connectivity index (χ0v) is 15.1. The van der Waals surface area contributed by atoms with Crippen molar-refractivity contribution in [2.45, 2.75) is 11.5 Å². The van der Waals surface area contributed by atoms with Gasteiger partial charge in [-0.25, -0.2) is 17.5 Å². The lowest BCUT2D eigenvalue weighted by molar-refractivity contribution is 0.0471. The Balaban J connectivity index is 2.16. The zero-order chi connectivity index (χ0) is 17.0. The molecule has 0 bridgehead atoms. The second-order valence-corrected chi connectivity index (χ2v) is 7.99. The molecular formula is C16H16BrNO4S. The maximum atomic E-state index is 12.1. The highest BCUT2D eigenvalue weighted by atomic mass is 79.9. The van der Waals surface area contributed by atoms with Crippen LogP contribution in [0.3, 0.4) is 0 Å². The number of ether oxygens (including phenoxy) is 1. The van der Waals surface area contributed by atoms with E-state index in [0.717, 1.165) is 14.3 Å². The van der Waals surface area contributed by atoms with Gasteiger partial charge in [-0.2, -0.15) is 0 Å². The first-order valence-electron chi connectivity index (χ1n) is 6.75. The lowest BCUT2D eigenvalue weighted by Gasteiger charge is -2.12. The number of hydrogen-bond donors (Lipinski definition) is 0. The van der Waals surface area contributed by atoms with Crippen LogP contribution in [0.1, 0.15) is 15.9 Å². The molecule has 0 aliphatic rings. The molecule has 122 valence electrons. The van der Waals surface area contributed by atoms with Crippen molar-refractivity contribution < 1.29 is 17.9 Å². The molecule has 0 unspecified atom stereocenters. The largest absolute Gasteiger partial charge is 0.457 e. The zero-order valence-electron chi connectivity index (χ0n) is 12.7. The molecule has 0 spiro atoms. The Labute approximate surface area is 144 Å². The van der Waals surface area contributed by atoms with E-state index in [1.54, 1.807) is 0 Å². The van der Waals surface area contributed by atoms with E-state index in [1.807, 2.05) is 24.3 Å². The summed E-state index contributed by atoms with van der Waals surface area (Å²) in [5.74, 6) is -0.573. The third-order valence-corrected chi connectivity index (χ3v) is 5.75. The fraction of sp³-hybridized carbons (Fsp3) is 0.188. The summed E-state index contributed by atoms with van der Waals surface area (Å²) in [6, 6.07) is 13.2. The maximum Gasteiger partial charge on any atom is 0.338 e. The minimum Gasteiger partial charge on any atom is -0.457 e. The molecule has 0 radical (unpaired) electrons. The molecule has 0 saturated heterocycles. The molecule has 0 N–H and O–H groups in total. The highest BCUT2D eigenvalue weighted by Gasteiger charge is 2.19. The number of carbonyl (C=O) groups excluding carboxylic acids is 1. The smallest absolute Gasteiger partial charge is 0.338 e. The maximum absolute atomic E-state index is 12.1. The number of sulfonamides is 1. The Morgan fingerprint density at radius 3 is 2.48 bits per heavy atom. The molecule has 0 aliphatic carbocycles. The minimum absolute atomic E-state index is 0.0536. The summed E-state index contributed by atoms with van der Waals surface area (Å²) >= 11 is 3.38. The number of esters is 1. The molecule has 0 heterocycles. The molecule has 2 aromatic rings. The number of carbonyl (C=O) groups is 1. The highest BCUT2D eigenvalue weighted by molar-refractivity contribution is 9.10. The molecule has 0 aromatic heterocycles. The molecule has 7 heteroatoms. The lowest BCUT2D eigenvalue weighted by Crippen LogP contribution is -2.22. The molecule has 0 atom stereocenters. The van der Waals surface area contributed by atoms with Gasteiger partial charge in [0.1, 0.15) is 6.61 Å². The van der Waals surface area contributed by atoms with Gasteiger partial charge < -0.3 is 4.74 Å². The molecule has 23 heavy (non-hydrogen) atoms. The summed E-state index contributed by atoms with van der Waals surface area (Å²) < 4.78 is 31.4. The summed E-state index contributed by atoms with van der Waals surface area (Å²) in [5, 5.41) is 0. The normalized spacial score (nSPS) is 11.5. The van der Waals surface area contributed by atoms with Gasteiger partial charge >= 0.3 is 5.97 Å². The van der Waals surface area contributed by atoms with Gasteiger partial charge in [0.15, 0.2) is 0 Å². The fourth-order valence-corrected chi connectivity index (χ4v) is 3.18. The fourth-order valence-electron chi connectivity index (χ4n) is 1.84. The van der Waals surface area contributed by atoms with E-state index in [9.17, 15) is 13.2 Å². The first-order chi connectivity index (χ1) is 10.8. The number of hydrogen-bond acceptors (Lipinski definition) is 4. The Bertz CT molecular complexity index is 818. The van der Waals surface area contributed by atoms with Gasteiger partial charge in [0.2, 0.25) is 10.0 Å². The Hall–Kier alpha value is -1.70. The second kappa shape index (κ2) is 7.25. The summed E-state index contributed by atoms with van der Waals surface area (Å²) in [6.07, 6.45) is 0. The molecule has 0 fully saturated rings. The van der Waals surface area contributed by atoms with Crippen LogP contribution in [0.25, 0.3) is 0 Å². The number of halogens is 1. The predicted octanol–water partition coefficient (Wildman–Crippen LogP) is 3.06. The van der Waals surface area contributed by atoms with Crippen LogP contribution in [0.15, 0.2) is 57.9 Å². The van der Waals surface area contributed by atoms with Crippen LogP contribution >= 0.6 is 15.9 Å². The van der Waals surface area contributed by atoms with Crippen LogP contribution in [0.5, 0.6) is 0 Å². The van der Waals surface area contributed by atoms with E-state index in [1.165, 1.54) is 38.4 Å². The van der Waals surface area contributed by atoms with Crippen LogP contribution in [-0.4, -0.2) is 32.8 Å². The Morgan fingerprint density at radius 2 is 1.83 bits per heavy atom.